The number of carbonyl (C=O) groups excluding carboxylic acids is 1. The Kier molecular flexibility index (Phi) is 4.24. The summed E-state index contributed by atoms with van der Waals surface area (Å²) in [5.41, 5.74) is -1.22. The van der Waals surface area contributed by atoms with Gasteiger partial charge in [-0.3, -0.25) is 0 Å². The SMILES string of the molecule is C[C@](O)(CNC(=O)NCc1cccs1)c1ccco1. The minimum atomic E-state index is -1.22. The van der Waals surface area contributed by atoms with Crippen molar-refractivity contribution < 1.29 is 14.3 Å². The molecule has 3 N–H and O–H groups in total. The standard InChI is InChI=1S/C13H16N2O3S/c1-13(17,11-5-2-6-18-11)9-15-12(16)14-8-10-4-3-7-19-10/h2-7,17H,8-9H2,1H3,(H2,14,15,16)/t13-/m0/s1. The van der Waals surface area contributed by atoms with Crippen LogP contribution >= 0.6 is 11.3 Å². The molecule has 2 amide bonds. The summed E-state index contributed by atoms with van der Waals surface area (Å²) in [6.45, 7) is 2.15. The van der Waals surface area contributed by atoms with Crippen LogP contribution in [-0.2, 0) is 12.1 Å². The Morgan fingerprint density at radius 3 is 2.89 bits per heavy atom. The van der Waals surface area contributed by atoms with Crippen LogP contribution in [0.15, 0.2) is 40.3 Å². The fourth-order valence-electron chi connectivity index (χ4n) is 1.57. The predicted molar refractivity (Wildman–Crippen MR) is 72.8 cm³/mol. The minimum absolute atomic E-state index is 0.0801. The molecule has 0 aliphatic rings. The maximum absolute atomic E-state index is 11.6. The van der Waals surface area contributed by atoms with Crippen molar-refractivity contribution in [2.24, 2.45) is 0 Å². The Labute approximate surface area is 115 Å². The molecular weight excluding hydrogens is 264 g/mol. The van der Waals surface area contributed by atoms with E-state index in [-0.39, 0.29) is 12.6 Å². The number of amides is 2. The van der Waals surface area contributed by atoms with Crippen molar-refractivity contribution in [2.75, 3.05) is 6.54 Å². The highest BCUT2D eigenvalue weighted by molar-refractivity contribution is 7.09. The maximum Gasteiger partial charge on any atom is 0.315 e. The number of thiophene rings is 1. The second-order valence-corrected chi connectivity index (χ2v) is 5.40. The van der Waals surface area contributed by atoms with Gasteiger partial charge in [-0.15, -0.1) is 11.3 Å². The van der Waals surface area contributed by atoms with Crippen LogP contribution in [0.25, 0.3) is 0 Å². The van der Waals surface area contributed by atoms with Crippen LogP contribution in [0.3, 0.4) is 0 Å². The van der Waals surface area contributed by atoms with Gasteiger partial charge in [0, 0.05) is 4.88 Å². The van der Waals surface area contributed by atoms with E-state index in [9.17, 15) is 9.90 Å². The Balaban J connectivity index is 1.77. The van der Waals surface area contributed by atoms with Crippen molar-refractivity contribution >= 4 is 17.4 Å². The summed E-state index contributed by atoms with van der Waals surface area (Å²) in [7, 11) is 0. The Bertz CT molecular complexity index is 506. The summed E-state index contributed by atoms with van der Waals surface area (Å²) in [4.78, 5) is 12.7. The van der Waals surface area contributed by atoms with Crippen LogP contribution in [0, 0.1) is 0 Å². The summed E-state index contributed by atoms with van der Waals surface area (Å²) in [5.74, 6) is 0.422. The van der Waals surface area contributed by atoms with Gasteiger partial charge in [0.15, 0.2) is 0 Å². The van der Waals surface area contributed by atoms with Crippen LogP contribution < -0.4 is 10.6 Å². The highest BCUT2D eigenvalue weighted by Gasteiger charge is 2.26. The molecule has 0 saturated heterocycles. The van der Waals surface area contributed by atoms with Crippen molar-refractivity contribution in [3.05, 3.63) is 46.5 Å². The molecule has 6 heteroatoms. The summed E-state index contributed by atoms with van der Waals surface area (Å²) in [6, 6.07) is 6.93. The lowest BCUT2D eigenvalue weighted by molar-refractivity contribution is 0.0367. The van der Waals surface area contributed by atoms with Crippen LogP contribution in [0.5, 0.6) is 0 Å². The van der Waals surface area contributed by atoms with Crippen LogP contribution in [-0.4, -0.2) is 17.7 Å². The number of urea groups is 1. The largest absolute Gasteiger partial charge is 0.466 e. The number of hydrogen-bond donors (Lipinski definition) is 3. The molecule has 0 radical (unpaired) electrons. The predicted octanol–water partition coefficient (Wildman–Crippen LogP) is 2.05. The zero-order chi connectivity index (χ0) is 13.7. The number of furan rings is 1. The summed E-state index contributed by atoms with van der Waals surface area (Å²) >= 11 is 1.58. The van der Waals surface area contributed by atoms with Crippen molar-refractivity contribution in [3.8, 4) is 0 Å². The second-order valence-electron chi connectivity index (χ2n) is 4.37. The average molecular weight is 280 g/mol. The first-order valence-corrected chi connectivity index (χ1v) is 6.76. The Hall–Kier alpha value is -1.79. The topological polar surface area (TPSA) is 74.5 Å². The zero-order valence-electron chi connectivity index (χ0n) is 10.6. The van der Waals surface area contributed by atoms with Crippen molar-refractivity contribution in [1.82, 2.24) is 10.6 Å². The molecule has 0 saturated carbocycles. The minimum Gasteiger partial charge on any atom is -0.466 e. The molecular formula is C13H16N2O3S. The van der Waals surface area contributed by atoms with Crippen molar-refractivity contribution in [3.63, 3.8) is 0 Å². The van der Waals surface area contributed by atoms with E-state index < -0.39 is 5.60 Å². The molecule has 0 unspecified atom stereocenters. The number of aliphatic hydroxyl groups is 1. The zero-order valence-corrected chi connectivity index (χ0v) is 11.4. The first-order chi connectivity index (χ1) is 9.08. The highest BCUT2D eigenvalue weighted by atomic mass is 32.1. The van der Waals surface area contributed by atoms with Crippen molar-refractivity contribution in [2.45, 2.75) is 19.1 Å². The lowest BCUT2D eigenvalue weighted by Crippen LogP contribution is -2.43. The average Bonchev–Trinajstić information content (AvgIpc) is 3.06. The summed E-state index contributed by atoms with van der Waals surface area (Å²) in [6.07, 6.45) is 1.49. The van der Waals surface area contributed by atoms with Crippen LogP contribution in [0.4, 0.5) is 4.79 Å². The molecule has 0 aliphatic carbocycles. The first-order valence-electron chi connectivity index (χ1n) is 5.88. The number of carbonyl (C=O) groups is 1. The van der Waals surface area contributed by atoms with E-state index in [1.165, 1.54) is 6.26 Å². The van der Waals surface area contributed by atoms with E-state index in [0.29, 0.717) is 12.3 Å². The normalized spacial score (nSPS) is 13.8. The van der Waals surface area contributed by atoms with E-state index in [0.717, 1.165) is 4.88 Å². The third kappa shape index (κ3) is 3.84. The van der Waals surface area contributed by atoms with Gasteiger partial charge in [-0.1, -0.05) is 6.07 Å². The molecule has 1 atom stereocenters. The molecule has 0 spiro atoms. The molecule has 2 heterocycles. The highest BCUT2D eigenvalue weighted by Crippen LogP contribution is 2.19. The third-order valence-electron chi connectivity index (χ3n) is 2.65. The Morgan fingerprint density at radius 1 is 1.42 bits per heavy atom. The van der Waals surface area contributed by atoms with Crippen LogP contribution in [0.1, 0.15) is 17.6 Å². The van der Waals surface area contributed by atoms with E-state index in [4.69, 9.17) is 4.42 Å². The van der Waals surface area contributed by atoms with Crippen molar-refractivity contribution in [1.29, 1.82) is 0 Å². The maximum atomic E-state index is 11.6. The molecule has 0 bridgehead atoms. The lowest BCUT2D eigenvalue weighted by Gasteiger charge is -2.21. The van der Waals surface area contributed by atoms with Gasteiger partial charge in [0.1, 0.15) is 11.4 Å². The summed E-state index contributed by atoms with van der Waals surface area (Å²) < 4.78 is 5.13. The molecule has 0 aliphatic heterocycles. The van der Waals surface area contributed by atoms with Gasteiger partial charge in [0.2, 0.25) is 0 Å². The Morgan fingerprint density at radius 2 is 2.26 bits per heavy atom. The molecule has 102 valence electrons. The quantitative estimate of drug-likeness (QED) is 0.784. The van der Waals surface area contributed by atoms with E-state index in [1.807, 2.05) is 17.5 Å². The fourth-order valence-corrected chi connectivity index (χ4v) is 2.21. The smallest absolute Gasteiger partial charge is 0.315 e. The molecule has 2 aromatic rings. The van der Waals surface area contributed by atoms with Gasteiger partial charge in [-0.2, -0.15) is 0 Å². The molecule has 5 nitrogen and oxygen atoms in total. The van der Waals surface area contributed by atoms with Gasteiger partial charge in [-0.05, 0) is 30.5 Å². The number of rotatable bonds is 5. The number of hydrogen-bond acceptors (Lipinski definition) is 4. The van der Waals surface area contributed by atoms with E-state index in [2.05, 4.69) is 10.6 Å². The fraction of sp³-hybridized carbons (Fsp3) is 0.308. The summed E-state index contributed by atoms with van der Waals surface area (Å²) in [5, 5.41) is 17.4. The van der Waals surface area contributed by atoms with Gasteiger partial charge in [-0.25, -0.2) is 4.79 Å². The number of nitrogens with one attached hydrogen (secondary N) is 2. The van der Waals surface area contributed by atoms with E-state index >= 15 is 0 Å². The molecule has 2 aromatic heterocycles. The molecule has 0 aromatic carbocycles. The van der Waals surface area contributed by atoms with Gasteiger partial charge < -0.3 is 20.2 Å². The lowest BCUT2D eigenvalue weighted by atomic mass is 10.0. The monoisotopic (exact) mass is 280 g/mol. The van der Waals surface area contributed by atoms with Gasteiger partial charge in [0.05, 0.1) is 19.4 Å². The van der Waals surface area contributed by atoms with E-state index in [1.54, 1.807) is 30.4 Å². The third-order valence-corrected chi connectivity index (χ3v) is 3.52. The van der Waals surface area contributed by atoms with Gasteiger partial charge >= 0.3 is 6.03 Å². The molecule has 0 fully saturated rings. The van der Waals surface area contributed by atoms with Crippen LogP contribution in [0.2, 0.25) is 0 Å². The van der Waals surface area contributed by atoms with Gasteiger partial charge in [0.25, 0.3) is 0 Å². The first kappa shape index (κ1) is 13.6. The second kappa shape index (κ2) is 5.90. The molecule has 2 rings (SSSR count). The molecule has 19 heavy (non-hydrogen) atoms.